The number of rotatable bonds is 4. The van der Waals surface area contributed by atoms with Gasteiger partial charge >= 0.3 is 0 Å². The highest BCUT2D eigenvalue weighted by atomic mass is 16.5. The standard InChI is InChI=1S/C55H36O2/c1-35-24-28-45-44-18-8-9-23-52(44)57-53(45)34-56-51-29-27-41(33-50(35)51)39-15-11-17-43(32-39)55-48-21-6-4-19-46(48)54(47-20-5-7-22-49(47)55)42-16-10-14-38(31-42)40-26-25-36-12-2-3-13-37(36)30-40/h2-33H,1,34H2/b28-24-. The van der Waals surface area contributed by atoms with E-state index in [2.05, 4.69) is 183 Å². The zero-order chi connectivity index (χ0) is 37.9. The maximum atomic E-state index is 6.42. The number of allylic oxidation sites excluding steroid dienone is 2. The van der Waals surface area contributed by atoms with Crippen LogP contribution in [0.4, 0.5) is 0 Å². The summed E-state index contributed by atoms with van der Waals surface area (Å²) < 4.78 is 12.6. The normalized spacial score (nSPS) is 13.2. The minimum absolute atomic E-state index is 0.341. The molecular formula is C55H36O2. The van der Waals surface area contributed by atoms with E-state index < -0.39 is 0 Å². The highest BCUT2D eigenvalue weighted by Crippen LogP contribution is 2.45. The van der Waals surface area contributed by atoms with Gasteiger partial charge in [-0.2, -0.15) is 0 Å². The van der Waals surface area contributed by atoms with E-state index in [1.165, 1.54) is 65.7 Å². The van der Waals surface area contributed by atoms with Gasteiger partial charge in [0.25, 0.3) is 0 Å². The summed E-state index contributed by atoms with van der Waals surface area (Å²) >= 11 is 0. The number of benzene rings is 9. The Hall–Kier alpha value is -7.42. The lowest BCUT2D eigenvalue weighted by molar-refractivity contribution is 0.273. The predicted molar refractivity (Wildman–Crippen MR) is 239 cm³/mol. The topological polar surface area (TPSA) is 22.4 Å². The highest BCUT2D eigenvalue weighted by molar-refractivity contribution is 6.21. The van der Waals surface area contributed by atoms with Crippen molar-refractivity contribution in [2.45, 2.75) is 6.61 Å². The van der Waals surface area contributed by atoms with E-state index in [1.807, 2.05) is 18.2 Å². The Kier molecular flexibility index (Phi) is 7.75. The number of hydrogen-bond acceptors (Lipinski definition) is 2. The average Bonchev–Trinajstić information content (AvgIpc) is 3.65. The molecule has 1 aromatic heterocycles. The second-order valence-corrected chi connectivity index (χ2v) is 14.9. The van der Waals surface area contributed by atoms with Crippen molar-refractivity contribution in [2.24, 2.45) is 0 Å². The van der Waals surface area contributed by atoms with E-state index in [9.17, 15) is 0 Å². The van der Waals surface area contributed by atoms with Gasteiger partial charge in [-0.1, -0.05) is 164 Å². The van der Waals surface area contributed by atoms with Gasteiger partial charge in [-0.3, -0.25) is 0 Å². The van der Waals surface area contributed by atoms with Crippen molar-refractivity contribution in [2.75, 3.05) is 0 Å². The molecule has 0 N–H and O–H groups in total. The van der Waals surface area contributed by atoms with Crippen LogP contribution in [0.1, 0.15) is 16.9 Å². The molecule has 0 aliphatic carbocycles. The Bertz CT molecular complexity index is 3210. The maximum absolute atomic E-state index is 6.42. The zero-order valence-electron chi connectivity index (χ0n) is 31.2. The molecule has 268 valence electrons. The molecule has 0 saturated heterocycles. The molecule has 2 heterocycles. The molecule has 0 spiro atoms. The van der Waals surface area contributed by atoms with E-state index in [0.29, 0.717) is 6.61 Å². The van der Waals surface area contributed by atoms with Crippen LogP contribution in [-0.2, 0) is 6.61 Å². The number of furan rings is 1. The first-order valence-corrected chi connectivity index (χ1v) is 19.4. The van der Waals surface area contributed by atoms with Gasteiger partial charge < -0.3 is 9.15 Å². The van der Waals surface area contributed by atoms with Gasteiger partial charge in [0.2, 0.25) is 0 Å². The molecule has 0 atom stereocenters. The lowest BCUT2D eigenvalue weighted by Gasteiger charge is -2.19. The molecule has 0 unspecified atom stereocenters. The van der Waals surface area contributed by atoms with Crippen molar-refractivity contribution in [3.63, 3.8) is 0 Å². The number of ether oxygens (including phenoxy) is 1. The smallest absolute Gasteiger partial charge is 0.149 e. The van der Waals surface area contributed by atoms with Crippen molar-refractivity contribution >= 4 is 54.9 Å². The first kappa shape index (κ1) is 33.0. The lowest BCUT2D eigenvalue weighted by atomic mass is 9.85. The monoisotopic (exact) mass is 728 g/mol. The molecule has 57 heavy (non-hydrogen) atoms. The molecule has 10 aromatic rings. The van der Waals surface area contributed by atoms with Gasteiger partial charge in [0.15, 0.2) is 0 Å². The second kappa shape index (κ2) is 13.4. The fraction of sp³-hybridized carbons (Fsp3) is 0.0182. The molecule has 2 heteroatoms. The van der Waals surface area contributed by atoms with Gasteiger partial charge in [-0.15, -0.1) is 0 Å². The summed E-state index contributed by atoms with van der Waals surface area (Å²) in [5.41, 5.74) is 13.3. The van der Waals surface area contributed by atoms with Crippen molar-refractivity contribution in [3.05, 3.63) is 212 Å². The highest BCUT2D eigenvalue weighted by Gasteiger charge is 2.19. The summed E-state index contributed by atoms with van der Waals surface area (Å²) in [6.07, 6.45) is 4.18. The molecule has 0 radical (unpaired) electrons. The molecule has 11 rings (SSSR count). The zero-order valence-corrected chi connectivity index (χ0v) is 31.2. The van der Waals surface area contributed by atoms with Crippen LogP contribution in [0.15, 0.2) is 199 Å². The molecule has 9 aromatic carbocycles. The molecule has 0 saturated carbocycles. The van der Waals surface area contributed by atoms with Crippen molar-refractivity contribution in [1.29, 1.82) is 0 Å². The minimum Gasteiger partial charge on any atom is -0.485 e. The van der Waals surface area contributed by atoms with Gasteiger partial charge in [0.1, 0.15) is 23.7 Å². The summed E-state index contributed by atoms with van der Waals surface area (Å²) in [7, 11) is 0. The van der Waals surface area contributed by atoms with E-state index in [4.69, 9.17) is 9.15 Å². The van der Waals surface area contributed by atoms with E-state index in [0.717, 1.165) is 50.3 Å². The van der Waals surface area contributed by atoms with Gasteiger partial charge in [-0.05, 0) is 119 Å². The molecule has 0 amide bonds. The van der Waals surface area contributed by atoms with Crippen LogP contribution >= 0.6 is 0 Å². The third-order valence-corrected chi connectivity index (χ3v) is 11.5. The first-order valence-electron chi connectivity index (χ1n) is 19.4. The average molecular weight is 729 g/mol. The number of fused-ring (bicyclic) bond motifs is 7. The summed E-state index contributed by atoms with van der Waals surface area (Å²) in [4.78, 5) is 0. The maximum Gasteiger partial charge on any atom is 0.149 e. The predicted octanol–water partition coefficient (Wildman–Crippen LogP) is 15.2. The molecule has 0 bridgehead atoms. The Morgan fingerprint density at radius 3 is 1.60 bits per heavy atom. The Labute approximate surface area is 331 Å². The third-order valence-electron chi connectivity index (χ3n) is 11.5. The van der Waals surface area contributed by atoms with Crippen LogP contribution in [0.5, 0.6) is 5.75 Å². The fourth-order valence-corrected chi connectivity index (χ4v) is 8.74. The molecule has 2 nitrogen and oxygen atoms in total. The lowest BCUT2D eigenvalue weighted by Crippen LogP contribution is -1.98. The van der Waals surface area contributed by atoms with Crippen molar-refractivity contribution < 1.29 is 9.15 Å². The van der Waals surface area contributed by atoms with Gasteiger partial charge in [0.05, 0.1) is 0 Å². The molecule has 0 fully saturated rings. The van der Waals surface area contributed by atoms with E-state index in [-0.39, 0.29) is 0 Å². The summed E-state index contributed by atoms with van der Waals surface area (Å²) in [5, 5.41) is 8.49. The van der Waals surface area contributed by atoms with Crippen LogP contribution in [0.25, 0.3) is 99.4 Å². The second-order valence-electron chi connectivity index (χ2n) is 14.9. The van der Waals surface area contributed by atoms with Crippen LogP contribution in [0.3, 0.4) is 0 Å². The Balaban J connectivity index is 1.01. The van der Waals surface area contributed by atoms with Crippen molar-refractivity contribution in [1.82, 2.24) is 0 Å². The van der Waals surface area contributed by atoms with E-state index >= 15 is 0 Å². The van der Waals surface area contributed by atoms with Crippen LogP contribution in [-0.4, -0.2) is 0 Å². The van der Waals surface area contributed by atoms with Gasteiger partial charge in [-0.25, -0.2) is 0 Å². The summed E-state index contributed by atoms with van der Waals surface area (Å²) in [6.45, 7) is 4.82. The Morgan fingerprint density at radius 2 is 0.930 bits per heavy atom. The van der Waals surface area contributed by atoms with Gasteiger partial charge in [0, 0.05) is 16.5 Å². The fourth-order valence-electron chi connectivity index (χ4n) is 8.74. The molecule has 1 aliphatic heterocycles. The third kappa shape index (κ3) is 5.65. The number of para-hydroxylation sites is 1. The van der Waals surface area contributed by atoms with Crippen molar-refractivity contribution in [3.8, 4) is 50.3 Å². The summed E-state index contributed by atoms with van der Waals surface area (Å²) in [5.74, 6) is 1.60. The minimum atomic E-state index is 0.341. The first-order chi connectivity index (χ1) is 28.2. The summed E-state index contributed by atoms with van der Waals surface area (Å²) in [6, 6.07) is 65.5. The molecule has 1 aliphatic rings. The SMILES string of the molecule is C=C1/C=C\c2c(oc3ccccc23)COc2ccc(-c3cccc(-c4c5ccccc5c(-c5cccc(-c6ccc7ccccc7c6)c5)c5ccccc45)c3)cc21. The van der Waals surface area contributed by atoms with E-state index in [1.54, 1.807) is 0 Å². The van der Waals surface area contributed by atoms with Crippen LogP contribution in [0.2, 0.25) is 0 Å². The Morgan fingerprint density at radius 1 is 0.404 bits per heavy atom. The molecular weight excluding hydrogens is 693 g/mol. The van der Waals surface area contributed by atoms with Crippen LogP contribution in [0, 0.1) is 0 Å². The number of hydrogen-bond donors (Lipinski definition) is 0. The van der Waals surface area contributed by atoms with Crippen LogP contribution < -0.4 is 4.74 Å². The quantitative estimate of drug-likeness (QED) is 0.168. The largest absolute Gasteiger partial charge is 0.485 e.